The normalized spacial score (nSPS) is 10.7. The maximum Gasteiger partial charge on any atom is 0.241 e. The van der Waals surface area contributed by atoms with E-state index in [0.717, 1.165) is 18.8 Å². The van der Waals surface area contributed by atoms with Crippen LogP contribution in [0.1, 0.15) is 19.4 Å². The lowest BCUT2D eigenvalue weighted by Crippen LogP contribution is -2.34. The molecule has 20 heavy (non-hydrogen) atoms. The molecule has 0 aliphatic heterocycles. The molecular formula is C16H27N3O. The molecule has 0 fully saturated rings. The Bertz CT molecular complexity index is 412. The SMILES string of the molecule is CC(C)CNCc1ccc(N(C)CC(=O)N(C)C)cc1. The molecular weight excluding hydrogens is 250 g/mol. The van der Waals surface area contributed by atoms with Crippen molar-refractivity contribution in [3.63, 3.8) is 0 Å². The number of carbonyl (C=O) groups is 1. The molecule has 0 atom stereocenters. The highest BCUT2D eigenvalue weighted by atomic mass is 16.2. The molecule has 4 heteroatoms. The quantitative estimate of drug-likeness (QED) is 0.827. The molecule has 4 nitrogen and oxygen atoms in total. The zero-order valence-electron chi connectivity index (χ0n) is 13.3. The van der Waals surface area contributed by atoms with Crippen LogP contribution in [0.4, 0.5) is 5.69 Å². The molecule has 0 aliphatic carbocycles. The van der Waals surface area contributed by atoms with E-state index in [4.69, 9.17) is 0 Å². The van der Waals surface area contributed by atoms with Crippen molar-refractivity contribution in [1.29, 1.82) is 0 Å². The van der Waals surface area contributed by atoms with E-state index < -0.39 is 0 Å². The highest BCUT2D eigenvalue weighted by Crippen LogP contribution is 2.13. The molecule has 0 spiro atoms. The second-order valence-corrected chi connectivity index (χ2v) is 5.84. The van der Waals surface area contributed by atoms with Gasteiger partial charge in [-0.1, -0.05) is 26.0 Å². The van der Waals surface area contributed by atoms with Crippen LogP contribution in [0.5, 0.6) is 0 Å². The molecule has 0 aromatic heterocycles. The summed E-state index contributed by atoms with van der Waals surface area (Å²) in [5, 5.41) is 3.42. The number of amides is 1. The van der Waals surface area contributed by atoms with Crippen molar-refractivity contribution in [1.82, 2.24) is 10.2 Å². The molecule has 112 valence electrons. The summed E-state index contributed by atoms with van der Waals surface area (Å²) in [6.45, 7) is 6.72. The van der Waals surface area contributed by atoms with E-state index in [1.165, 1.54) is 5.56 Å². The number of benzene rings is 1. The Labute approximate surface area is 122 Å². The molecule has 0 unspecified atom stereocenters. The van der Waals surface area contributed by atoms with Gasteiger partial charge in [0.15, 0.2) is 0 Å². The Hall–Kier alpha value is -1.55. The molecule has 1 aromatic carbocycles. The minimum absolute atomic E-state index is 0.107. The summed E-state index contributed by atoms with van der Waals surface area (Å²) in [7, 11) is 5.49. The summed E-state index contributed by atoms with van der Waals surface area (Å²) in [5.41, 5.74) is 2.33. The van der Waals surface area contributed by atoms with E-state index in [2.05, 4.69) is 43.4 Å². The van der Waals surface area contributed by atoms with Crippen LogP contribution in [-0.4, -0.2) is 45.0 Å². The van der Waals surface area contributed by atoms with Crippen LogP contribution in [-0.2, 0) is 11.3 Å². The summed E-state index contributed by atoms with van der Waals surface area (Å²) < 4.78 is 0. The Morgan fingerprint density at radius 1 is 1.15 bits per heavy atom. The van der Waals surface area contributed by atoms with Crippen LogP contribution >= 0.6 is 0 Å². The minimum atomic E-state index is 0.107. The third-order valence-corrected chi connectivity index (χ3v) is 3.13. The van der Waals surface area contributed by atoms with E-state index >= 15 is 0 Å². The van der Waals surface area contributed by atoms with Crippen molar-refractivity contribution < 1.29 is 4.79 Å². The van der Waals surface area contributed by atoms with Crippen molar-refractivity contribution >= 4 is 11.6 Å². The lowest BCUT2D eigenvalue weighted by molar-refractivity contribution is -0.127. The number of nitrogens with one attached hydrogen (secondary N) is 1. The first kappa shape index (κ1) is 16.5. The first-order chi connectivity index (χ1) is 9.40. The van der Waals surface area contributed by atoms with Crippen molar-refractivity contribution in [3.8, 4) is 0 Å². The van der Waals surface area contributed by atoms with E-state index in [-0.39, 0.29) is 5.91 Å². The zero-order valence-corrected chi connectivity index (χ0v) is 13.3. The number of likely N-dealkylation sites (N-methyl/N-ethyl adjacent to an activating group) is 2. The summed E-state index contributed by atoms with van der Waals surface area (Å²) in [6.07, 6.45) is 0. The second-order valence-electron chi connectivity index (χ2n) is 5.84. The maximum atomic E-state index is 11.7. The highest BCUT2D eigenvalue weighted by Gasteiger charge is 2.08. The Kier molecular flexibility index (Phi) is 6.52. The van der Waals surface area contributed by atoms with Crippen LogP contribution in [0.25, 0.3) is 0 Å². The van der Waals surface area contributed by atoms with Crippen molar-refractivity contribution in [2.75, 3.05) is 39.1 Å². The predicted molar refractivity (Wildman–Crippen MR) is 85.0 cm³/mol. The number of anilines is 1. The van der Waals surface area contributed by atoms with Crippen LogP contribution in [0.2, 0.25) is 0 Å². The molecule has 1 amide bonds. The Balaban J connectivity index is 2.51. The molecule has 0 heterocycles. The Morgan fingerprint density at radius 2 is 1.75 bits per heavy atom. The second kappa shape index (κ2) is 7.90. The van der Waals surface area contributed by atoms with Gasteiger partial charge >= 0.3 is 0 Å². The number of rotatable bonds is 7. The van der Waals surface area contributed by atoms with E-state index in [9.17, 15) is 4.79 Å². The molecule has 0 saturated carbocycles. The van der Waals surface area contributed by atoms with Crippen molar-refractivity contribution in [3.05, 3.63) is 29.8 Å². The van der Waals surface area contributed by atoms with E-state index in [1.807, 2.05) is 11.9 Å². The van der Waals surface area contributed by atoms with Gasteiger partial charge in [-0.2, -0.15) is 0 Å². The van der Waals surface area contributed by atoms with Gasteiger partial charge in [0.25, 0.3) is 0 Å². The fourth-order valence-corrected chi connectivity index (χ4v) is 1.81. The number of carbonyl (C=O) groups excluding carboxylic acids is 1. The van der Waals surface area contributed by atoms with Gasteiger partial charge in [0, 0.05) is 33.4 Å². The van der Waals surface area contributed by atoms with Gasteiger partial charge < -0.3 is 15.1 Å². The molecule has 0 saturated heterocycles. The largest absolute Gasteiger partial charge is 0.365 e. The van der Waals surface area contributed by atoms with Crippen molar-refractivity contribution in [2.24, 2.45) is 5.92 Å². The van der Waals surface area contributed by atoms with Crippen LogP contribution in [0.15, 0.2) is 24.3 Å². The maximum absolute atomic E-state index is 11.7. The van der Waals surface area contributed by atoms with Crippen molar-refractivity contribution in [2.45, 2.75) is 20.4 Å². The first-order valence-electron chi connectivity index (χ1n) is 7.11. The van der Waals surface area contributed by atoms with Gasteiger partial charge in [-0.25, -0.2) is 0 Å². The summed E-state index contributed by atoms with van der Waals surface area (Å²) in [6, 6.07) is 8.35. The molecule has 1 rings (SSSR count). The van der Waals surface area contributed by atoms with Crippen LogP contribution in [0, 0.1) is 5.92 Å². The average Bonchev–Trinajstić information content (AvgIpc) is 2.38. The standard InChI is InChI=1S/C16H27N3O/c1-13(2)10-17-11-14-6-8-15(9-7-14)19(5)12-16(20)18(3)4/h6-9,13,17H,10-12H2,1-5H3. The molecule has 0 bridgehead atoms. The number of hydrogen-bond donors (Lipinski definition) is 1. The number of nitrogens with zero attached hydrogens (tertiary/aromatic N) is 2. The fraction of sp³-hybridized carbons (Fsp3) is 0.562. The molecule has 1 N–H and O–H groups in total. The Morgan fingerprint density at radius 3 is 2.25 bits per heavy atom. The zero-order chi connectivity index (χ0) is 15.1. The van der Waals surface area contributed by atoms with Gasteiger partial charge in [0.2, 0.25) is 5.91 Å². The average molecular weight is 277 g/mol. The summed E-state index contributed by atoms with van der Waals surface area (Å²) in [4.78, 5) is 15.3. The first-order valence-corrected chi connectivity index (χ1v) is 7.11. The molecule has 0 aliphatic rings. The van der Waals surface area contributed by atoms with E-state index in [0.29, 0.717) is 12.5 Å². The number of hydrogen-bond acceptors (Lipinski definition) is 3. The van der Waals surface area contributed by atoms with Gasteiger partial charge in [0.1, 0.15) is 0 Å². The van der Waals surface area contributed by atoms with Crippen LogP contribution in [0.3, 0.4) is 0 Å². The lowest BCUT2D eigenvalue weighted by Gasteiger charge is -2.21. The third-order valence-electron chi connectivity index (χ3n) is 3.13. The minimum Gasteiger partial charge on any atom is -0.365 e. The topological polar surface area (TPSA) is 35.6 Å². The third kappa shape index (κ3) is 5.61. The molecule has 1 aromatic rings. The fourth-order valence-electron chi connectivity index (χ4n) is 1.81. The van der Waals surface area contributed by atoms with Gasteiger partial charge in [-0.15, -0.1) is 0 Å². The summed E-state index contributed by atoms with van der Waals surface area (Å²) >= 11 is 0. The lowest BCUT2D eigenvalue weighted by atomic mass is 10.1. The van der Waals surface area contributed by atoms with Crippen LogP contribution < -0.4 is 10.2 Å². The monoisotopic (exact) mass is 277 g/mol. The molecule has 0 radical (unpaired) electrons. The van der Waals surface area contributed by atoms with Gasteiger partial charge in [0.05, 0.1) is 6.54 Å². The van der Waals surface area contributed by atoms with Gasteiger partial charge in [-0.3, -0.25) is 4.79 Å². The van der Waals surface area contributed by atoms with Gasteiger partial charge in [-0.05, 0) is 30.2 Å². The van der Waals surface area contributed by atoms with E-state index in [1.54, 1.807) is 19.0 Å². The smallest absolute Gasteiger partial charge is 0.241 e. The highest BCUT2D eigenvalue weighted by molar-refractivity contribution is 5.80. The predicted octanol–water partition coefficient (Wildman–Crippen LogP) is 1.96. The summed E-state index contributed by atoms with van der Waals surface area (Å²) in [5.74, 6) is 0.771.